The van der Waals surface area contributed by atoms with Crippen LogP contribution in [0, 0.1) is 28.4 Å². The molecule has 0 radical (unpaired) electrons. The van der Waals surface area contributed by atoms with Gasteiger partial charge in [0.15, 0.2) is 0 Å². The molecule has 6 nitrogen and oxygen atoms in total. The van der Waals surface area contributed by atoms with Gasteiger partial charge in [0.2, 0.25) is 5.82 Å². The largest absolute Gasteiger partial charge is 0.378 e. The Morgan fingerprint density at radius 3 is 3.00 bits per heavy atom. The minimum atomic E-state index is -0.556. The molecule has 6 heteroatoms. The lowest BCUT2D eigenvalue weighted by atomic mass is 10.1. The number of anilines is 1. The Kier molecular flexibility index (Phi) is 3.56. The molecule has 0 saturated carbocycles. The molecule has 1 aromatic rings. The van der Waals surface area contributed by atoms with Gasteiger partial charge in [-0.1, -0.05) is 12.2 Å². The molecule has 1 heterocycles. The maximum absolute atomic E-state index is 10.7. The molecule has 1 rings (SSSR count). The highest BCUT2D eigenvalue weighted by atomic mass is 16.6. The first-order valence-electron chi connectivity index (χ1n) is 4.51. The molecular formula is C10H10N4O2. The Bertz CT molecular complexity index is 488. The summed E-state index contributed by atoms with van der Waals surface area (Å²) in [5, 5.41) is 19.1. The number of hydrogen-bond donors (Lipinski definition) is 1. The van der Waals surface area contributed by atoms with E-state index < -0.39 is 4.92 Å². The SMILES string of the molecule is Cc1c(C=CCC#N)cnc(N)c1[N+](=O)[O-]. The number of nitro groups is 1. The molecule has 0 aromatic carbocycles. The Morgan fingerprint density at radius 2 is 2.44 bits per heavy atom. The van der Waals surface area contributed by atoms with Gasteiger partial charge in [0.25, 0.3) is 0 Å². The molecule has 16 heavy (non-hydrogen) atoms. The summed E-state index contributed by atoms with van der Waals surface area (Å²) in [5.74, 6) is -0.0973. The lowest BCUT2D eigenvalue weighted by Crippen LogP contribution is -2.02. The fraction of sp³-hybridized carbons (Fsp3) is 0.200. The van der Waals surface area contributed by atoms with Crippen LogP contribution in [0.15, 0.2) is 12.3 Å². The van der Waals surface area contributed by atoms with E-state index in [2.05, 4.69) is 4.98 Å². The number of rotatable bonds is 3. The zero-order chi connectivity index (χ0) is 12.1. The van der Waals surface area contributed by atoms with Crippen LogP contribution >= 0.6 is 0 Å². The van der Waals surface area contributed by atoms with E-state index in [1.54, 1.807) is 19.1 Å². The molecule has 0 spiro atoms. The lowest BCUT2D eigenvalue weighted by Gasteiger charge is -2.03. The molecule has 0 fully saturated rings. The zero-order valence-corrected chi connectivity index (χ0v) is 8.67. The average molecular weight is 218 g/mol. The second-order valence-electron chi connectivity index (χ2n) is 3.09. The number of allylic oxidation sites excluding steroid dienone is 1. The first-order chi connectivity index (χ1) is 7.57. The average Bonchev–Trinajstić information content (AvgIpc) is 2.21. The normalized spacial score (nSPS) is 10.2. The molecule has 0 aliphatic heterocycles. The molecule has 0 bridgehead atoms. The fourth-order valence-electron chi connectivity index (χ4n) is 1.26. The van der Waals surface area contributed by atoms with Gasteiger partial charge in [-0.2, -0.15) is 5.26 Å². The van der Waals surface area contributed by atoms with Gasteiger partial charge in [0.1, 0.15) is 0 Å². The van der Waals surface area contributed by atoms with Gasteiger partial charge in [0, 0.05) is 17.3 Å². The number of nitrogens with zero attached hydrogens (tertiary/aromatic N) is 3. The highest BCUT2D eigenvalue weighted by Gasteiger charge is 2.18. The van der Waals surface area contributed by atoms with Gasteiger partial charge in [-0.05, 0) is 6.92 Å². The maximum atomic E-state index is 10.7. The van der Waals surface area contributed by atoms with E-state index in [-0.39, 0.29) is 17.9 Å². The van der Waals surface area contributed by atoms with Crippen molar-refractivity contribution in [3.63, 3.8) is 0 Å². The highest BCUT2D eigenvalue weighted by molar-refractivity contribution is 5.66. The van der Waals surface area contributed by atoms with E-state index in [9.17, 15) is 10.1 Å². The quantitative estimate of drug-likeness (QED) is 0.615. The van der Waals surface area contributed by atoms with Gasteiger partial charge >= 0.3 is 5.69 Å². The third-order valence-corrected chi connectivity index (χ3v) is 2.06. The van der Waals surface area contributed by atoms with Crippen LogP contribution in [-0.4, -0.2) is 9.91 Å². The van der Waals surface area contributed by atoms with Gasteiger partial charge in [-0.15, -0.1) is 0 Å². The lowest BCUT2D eigenvalue weighted by molar-refractivity contribution is -0.384. The van der Waals surface area contributed by atoms with Crippen molar-refractivity contribution in [3.8, 4) is 6.07 Å². The fourth-order valence-corrected chi connectivity index (χ4v) is 1.26. The minimum absolute atomic E-state index is 0.0973. The third kappa shape index (κ3) is 2.33. The molecule has 0 unspecified atom stereocenters. The molecule has 0 atom stereocenters. The molecular weight excluding hydrogens is 208 g/mol. The molecule has 0 amide bonds. The van der Waals surface area contributed by atoms with Crippen LogP contribution in [0.3, 0.4) is 0 Å². The molecule has 2 N–H and O–H groups in total. The van der Waals surface area contributed by atoms with Gasteiger partial charge in [0.05, 0.1) is 17.4 Å². The summed E-state index contributed by atoms with van der Waals surface area (Å²) in [7, 11) is 0. The van der Waals surface area contributed by atoms with Crippen molar-refractivity contribution < 1.29 is 4.92 Å². The van der Waals surface area contributed by atoms with Crippen LogP contribution in [0.2, 0.25) is 0 Å². The van der Waals surface area contributed by atoms with E-state index in [1.807, 2.05) is 6.07 Å². The van der Waals surface area contributed by atoms with Gasteiger partial charge in [-0.25, -0.2) is 4.98 Å². The summed E-state index contributed by atoms with van der Waals surface area (Å²) in [5.41, 5.74) is 6.28. The van der Waals surface area contributed by atoms with Crippen molar-refractivity contribution >= 4 is 17.6 Å². The topological polar surface area (TPSA) is 106 Å². The number of nitrogen functional groups attached to an aromatic ring is 1. The van der Waals surface area contributed by atoms with Crippen LogP contribution in [0.25, 0.3) is 6.08 Å². The van der Waals surface area contributed by atoms with Crippen LogP contribution in [0.4, 0.5) is 11.5 Å². The standard InChI is InChI=1S/C10H10N4O2/c1-7-8(4-2-3-5-11)6-13-10(12)9(7)14(15)16/h2,4,6H,3H2,1H3,(H2,12,13). The molecule has 0 saturated heterocycles. The summed E-state index contributed by atoms with van der Waals surface area (Å²) in [6.07, 6.45) is 4.94. The van der Waals surface area contributed by atoms with Crippen molar-refractivity contribution in [2.75, 3.05) is 5.73 Å². The number of nitriles is 1. The summed E-state index contributed by atoms with van der Waals surface area (Å²) in [6, 6.07) is 1.94. The summed E-state index contributed by atoms with van der Waals surface area (Å²) in [6.45, 7) is 1.60. The summed E-state index contributed by atoms with van der Waals surface area (Å²) in [4.78, 5) is 13.9. The summed E-state index contributed by atoms with van der Waals surface area (Å²) >= 11 is 0. The van der Waals surface area contributed by atoms with E-state index >= 15 is 0 Å². The van der Waals surface area contributed by atoms with Crippen molar-refractivity contribution in [1.82, 2.24) is 4.98 Å². The van der Waals surface area contributed by atoms with Crippen LogP contribution in [0.1, 0.15) is 17.5 Å². The Balaban J connectivity index is 3.20. The first kappa shape index (κ1) is 11.7. The number of pyridine rings is 1. The van der Waals surface area contributed by atoms with E-state index in [0.717, 1.165) is 0 Å². The first-order valence-corrected chi connectivity index (χ1v) is 4.51. The third-order valence-electron chi connectivity index (χ3n) is 2.06. The van der Waals surface area contributed by atoms with Crippen molar-refractivity contribution in [1.29, 1.82) is 5.26 Å². The van der Waals surface area contributed by atoms with Crippen LogP contribution in [-0.2, 0) is 0 Å². The van der Waals surface area contributed by atoms with E-state index in [0.29, 0.717) is 11.1 Å². The van der Waals surface area contributed by atoms with Crippen molar-refractivity contribution in [2.45, 2.75) is 13.3 Å². The van der Waals surface area contributed by atoms with Crippen LogP contribution in [0.5, 0.6) is 0 Å². The molecule has 0 aliphatic rings. The van der Waals surface area contributed by atoms with E-state index in [1.165, 1.54) is 6.20 Å². The Hall–Kier alpha value is -2.42. The van der Waals surface area contributed by atoms with Crippen LogP contribution < -0.4 is 5.73 Å². The number of hydrogen-bond acceptors (Lipinski definition) is 5. The van der Waals surface area contributed by atoms with Crippen molar-refractivity contribution in [3.05, 3.63) is 33.5 Å². The number of nitrogens with two attached hydrogens (primary N) is 1. The molecule has 82 valence electrons. The van der Waals surface area contributed by atoms with Gasteiger partial charge < -0.3 is 5.73 Å². The van der Waals surface area contributed by atoms with Gasteiger partial charge in [-0.3, -0.25) is 10.1 Å². The second kappa shape index (κ2) is 4.89. The Morgan fingerprint density at radius 1 is 1.75 bits per heavy atom. The van der Waals surface area contributed by atoms with E-state index in [4.69, 9.17) is 11.0 Å². The Labute approximate surface area is 92.2 Å². The molecule has 0 aliphatic carbocycles. The highest BCUT2D eigenvalue weighted by Crippen LogP contribution is 2.26. The van der Waals surface area contributed by atoms with Crippen molar-refractivity contribution in [2.24, 2.45) is 0 Å². The second-order valence-corrected chi connectivity index (χ2v) is 3.09. The predicted octanol–water partition coefficient (Wildman–Crippen LogP) is 1.81. The zero-order valence-electron chi connectivity index (χ0n) is 8.67. The smallest absolute Gasteiger partial charge is 0.314 e. The monoisotopic (exact) mass is 218 g/mol. The predicted molar refractivity (Wildman–Crippen MR) is 59.3 cm³/mol. The minimum Gasteiger partial charge on any atom is -0.378 e. The number of aromatic nitrogens is 1. The maximum Gasteiger partial charge on any atom is 0.314 e. The molecule has 1 aromatic heterocycles. The summed E-state index contributed by atoms with van der Waals surface area (Å²) < 4.78 is 0.